The van der Waals surface area contributed by atoms with Gasteiger partial charge >= 0.3 is 12.2 Å². The van der Waals surface area contributed by atoms with Crippen LogP contribution in [0.1, 0.15) is 44.2 Å². The van der Waals surface area contributed by atoms with E-state index in [2.05, 4.69) is 24.3 Å². The normalized spacial score (nSPS) is 15.8. The number of carbonyl (C=O) groups excluding carboxylic acids is 2. The van der Waals surface area contributed by atoms with E-state index in [1.807, 2.05) is 24.3 Å². The van der Waals surface area contributed by atoms with Gasteiger partial charge in [-0.05, 0) is 49.4 Å². The summed E-state index contributed by atoms with van der Waals surface area (Å²) >= 11 is 0. The van der Waals surface area contributed by atoms with Crippen LogP contribution < -0.4 is 0 Å². The maximum atomic E-state index is 12.8. The molecule has 2 amide bonds. The minimum Gasteiger partial charge on any atom is -0.447 e. The van der Waals surface area contributed by atoms with Crippen molar-refractivity contribution in [1.82, 2.24) is 10.0 Å². The highest BCUT2D eigenvalue weighted by Crippen LogP contribution is 2.44. The van der Waals surface area contributed by atoms with Crippen molar-refractivity contribution in [3.05, 3.63) is 59.7 Å². The van der Waals surface area contributed by atoms with E-state index in [0.29, 0.717) is 19.5 Å². The molecule has 0 radical (unpaired) electrons. The van der Waals surface area contributed by atoms with Crippen LogP contribution in [0.4, 0.5) is 9.59 Å². The van der Waals surface area contributed by atoms with Crippen molar-refractivity contribution in [2.45, 2.75) is 38.7 Å². The van der Waals surface area contributed by atoms with Gasteiger partial charge in [-0.15, -0.1) is 0 Å². The van der Waals surface area contributed by atoms with Crippen molar-refractivity contribution in [3.63, 3.8) is 0 Å². The van der Waals surface area contributed by atoms with Gasteiger partial charge in [0.1, 0.15) is 12.2 Å². The quantitative estimate of drug-likeness (QED) is 0.735. The first-order valence-electron chi connectivity index (χ1n) is 9.98. The van der Waals surface area contributed by atoms with Gasteiger partial charge in [0.15, 0.2) is 0 Å². The summed E-state index contributed by atoms with van der Waals surface area (Å²) in [4.78, 5) is 25.2. The smallest absolute Gasteiger partial charge is 0.429 e. The second kappa shape index (κ2) is 7.43. The molecule has 0 unspecified atom stereocenters. The number of hydrogen-bond donors (Lipinski definition) is 0. The lowest BCUT2D eigenvalue weighted by Gasteiger charge is -2.30. The summed E-state index contributed by atoms with van der Waals surface area (Å²) in [6.45, 7) is 6.52. The maximum absolute atomic E-state index is 12.8. The number of fused-ring (bicyclic) bond motifs is 3. The van der Waals surface area contributed by atoms with Gasteiger partial charge in [0, 0.05) is 19.0 Å². The van der Waals surface area contributed by atoms with E-state index in [9.17, 15) is 9.59 Å². The molecule has 1 aliphatic heterocycles. The predicted octanol–water partition coefficient (Wildman–Crippen LogP) is 4.79. The summed E-state index contributed by atoms with van der Waals surface area (Å²) in [5, 5.41) is 2.69. The minimum absolute atomic E-state index is 0.0103. The van der Waals surface area contributed by atoms with Gasteiger partial charge < -0.3 is 9.47 Å². The van der Waals surface area contributed by atoms with Crippen LogP contribution in [0, 0.1) is 0 Å². The number of carbonyl (C=O) groups is 2. The Labute approximate surface area is 171 Å². The molecule has 152 valence electrons. The molecule has 1 saturated heterocycles. The molecule has 2 aromatic rings. The Morgan fingerprint density at radius 3 is 1.97 bits per heavy atom. The highest BCUT2D eigenvalue weighted by Gasteiger charge is 2.36. The third kappa shape index (κ3) is 3.79. The zero-order valence-electron chi connectivity index (χ0n) is 17.1. The van der Waals surface area contributed by atoms with Crippen LogP contribution in [-0.4, -0.2) is 47.5 Å². The Hall–Kier alpha value is -3.02. The lowest BCUT2D eigenvalue weighted by atomic mass is 9.98. The van der Waals surface area contributed by atoms with Crippen LogP contribution in [-0.2, 0) is 9.47 Å². The van der Waals surface area contributed by atoms with Gasteiger partial charge in [-0.25, -0.2) is 19.6 Å². The first-order chi connectivity index (χ1) is 13.8. The van der Waals surface area contributed by atoms with Gasteiger partial charge in [0.25, 0.3) is 0 Å². The van der Waals surface area contributed by atoms with Crippen molar-refractivity contribution >= 4 is 12.2 Å². The van der Waals surface area contributed by atoms with Gasteiger partial charge in [-0.1, -0.05) is 48.5 Å². The maximum Gasteiger partial charge on any atom is 0.429 e. The highest BCUT2D eigenvalue weighted by molar-refractivity contribution is 5.79. The van der Waals surface area contributed by atoms with E-state index >= 15 is 0 Å². The molecular weight excluding hydrogens is 368 g/mol. The molecule has 0 atom stereocenters. The molecule has 6 heteroatoms. The Kier molecular flexibility index (Phi) is 4.94. The molecule has 6 nitrogen and oxygen atoms in total. The van der Waals surface area contributed by atoms with Crippen molar-refractivity contribution in [2.75, 3.05) is 19.7 Å². The van der Waals surface area contributed by atoms with E-state index < -0.39 is 17.8 Å². The Morgan fingerprint density at radius 1 is 0.897 bits per heavy atom. The molecule has 2 aliphatic rings. The molecule has 1 fully saturated rings. The molecule has 0 saturated carbocycles. The Balaban J connectivity index is 1.47. The molecule has 1 heterocycles. The molecule has 29 heavy (non-hydrogen) atoms. The van der Waals surface area contributed by atoms with Gasteiger partial charge in [0.05, 0.1) is 0 Å². The lowest BCUT2D eigenvalue weighted by molar-refractivity contribution is -0.0257. The third-order valence-corrected chi connectivity index (χ3v) is 5.18. The first-order valence-corrected chi connectivity index (χ1v) is 9.98. The molecular formula is C23H26N2O4. The van der Waals surface area contributed by atoms with E-state index in [1.165, 1.54) is 21.1 Å². The zero-order chi connectivity index (χ0) is 20.6. The molecule has 0 bridgehead atoms. The van der Waals surface area contributed by atoms with Gasteiger partial charge in [-0.3, -0.25) is 0 Å². The fraction of sp³-hybridized carbons (Fsp3) is 0.391. The predicted molar refractivity (Wildman–Crippen MR) is 109 cm³/mol. The van der Waals surface area contributed by atoms with E-state index in [1.54, 1.807) is 20.8 Å². The number of benzene rings is 2. The first kappa shape index (κ1) is 19.3. The fourth-order valence-corrected chi connectivity index (χ4v) is 3.97. The molecule has 0 spiro atoms. The average molecular weight is 394 g/mol. The SMILES string of the molecule is CC(C)(C)OC(=O)N1CCCN1C(=O)OCC1c2ccccc2-c2ccccc21. The third-order valence-electron chi connectivity index (χ3n) is 5.18. The number of amides is 2. The molecule has 0 N–H and O–H groups in total. The van der Waals surface area contributed by atoms with Gasteiger partial charge in [0.2, 0.25) is 0 Å². The van der Waals surface area contributed by atoms with E-state index in [0.717, 1.165) is 11.1 Å². The summed E-state index contributed by atoms with van der Waals surface area (Å²) in [7, 11) is 0. The lowest BCUT2D eigenvalue weighted by Crippen LogP contribution is -2.47. The molecule has 4 rings (SSSR count). The van der Waals surface area contributed by atoms with Crippen molar-refractivity contribution in [1.29, 1.82) is 0 Å². The molecule has 1 aliphatic carbocycles. The van der Waals surface area contributed by atoms with Crippen LogP contribution in [0.15, 0.2) is 48.5 Å². The van der Waals surface area contributed by atoms with E-state index in [-0.39, 0.29) is 12.5 Å². The summed E-state index contributed by atoms with van der Waals surface area (Å²) in [6.07, 6.45) is -0.345. The van der Waals surface area contributed by atoms with Crippen LogP contribution in [0.3, 0.4) is 0 Å². The topological polar surface area (TPSA) is 59.1 Å². The van der Waals surface area contributed by atoms with Crippen molar-refractivity contribution in [2.24, 2.45) is 0 Å². The largest absolute Gasteiger partial charge is 0.447 e. The number of ether oxygens (including phenoxy) is 2. The summed E-state index contributed by atoms with van der Waals surface area (Å²) < 4.78 is 11.1. The zero-order valence-corrected chi connectivity index (χ0v) is 17.1. The molecule has 2 aromatic carbocycles. The number of rotatable bonds is 2. The fourth-order valence-electron chi connectivity index (χ4n) is 3.97. The van der Waals surface area contributed by atoms with Gasteiger partial charge in [-0.2, -0.15) is 0 Å². The van der Waals surface area contributed by atoms with Crippen molar-refractivity contribution in [3.8, 4) is 11.1 Å². The second-order valence-electron chi connectivity index (χ2n) is 8.38. The second-order valence-corrected chi connectivity index (χ2v) is 8.38. The Morgan fingerprint density at radius 2 is 1.41 bits per heavy atom. The monoisotopic (exact) mass is 394 g/mol. The summed E-state index contributed by atoms with van der Waals surface area (Å²) in [6, 6.07) is 16.4. The number of nitrogens with zero attached hydrogens (tertiary/aromatic N) is 2. The van der Waals surface area contributed by atoms with Crippen LogP contribution in [0.2, 0.25) is 0 Å². The van der Waals surface area contributed by atoms with Crippen LogP contribution in [0.25, 0.3) is 11.1 Å². The van der Waals surface area contributed by atoms with Crippen LogP contribution in [0.5, 0.6) is 0 Å². The standard InChI is InChI=1S/C23H26N2O4/c1-23(2,3)29-22(27)25-14-8-13-24(25)21(26)28-15-20-18-11-6-4-9-16(18)17-10-5-7-12-19(17)20/h4-7,9-12,20H,8,13-15H2,1-3H3. The summed E-state index contributed by atoms with van der Waals surface area (Å²) in [5.74, 6) is -0.0103. The van der Waals surface area contributed by atoms with Crippen LogP contribution >= 0.6 is 0 Å². The summed E-state index contributed by atoms with van der Waals surface area (Å²) in [5.41, 5.74) is 4.06. The molecule has 0 aromatic heterocycles. The Bertz CT molecular complexity index is 889. The van der Waals surface area contributed by atoms with E-state index in [4.69, 9.17) is 9.47 Å². The average Bonchev–Trinajstić information content (AvgIpc) is 3.28. The minimum atomic E-state index is -0.619. The number of hydrogen-bond acceptors (Lipinski definition) is 4. The van der Waals surface area contributed by atoms with Crippen molar-refractivity contribution < 1.29 is 19.1 Å². The highest BCUT2D eigenvalue weighted by atomic mass is 16.6. The number of hydrazine groups is 1.